The number of hydrogen-bond donors (Lipinski definition) is 1. The van der Waals surface area contributed by atoms with Crippen LogP contribution in [0.25, 0.3) is 0 Å². The van der Waals surface area contributed by atoms with E-state index in [1.807, 2.05) is 0 Å². The normalized spacial score (nSPS) is 10.2. The molecule has 2 aromatic carbocycles. The third-order valence-electron chi connectivity index (χ3n) is 4.18. The predicted octanol–water partition coefficient (Wildman–Crippen LogP) is 2.77. The lowest BCUT2D eigenvalue weighted by atomic mass is 10.2. The molecule has 0 aliphatic heterocycles. The van der Waals surface area contributed by atoms with E-state index in [4.69, 9.17) is 9.47 Å². The number of carbonyl (C=O) groups is 2. The quantitative estimate of drug-likeness (QED) is 0.680. The Labute approximate surface area is 164 Å². The Kier molecular flexibility index (Phi) is 8.27. The van der Waals surface area contributed by atoms with Gasteiger partial charge in [0, 0.05) is 32.0 Å². The van der Waals surface area contributed by atoms with Gasteiger partial charge in [0.15, 0.2) is 0 Å². The Balaban J connectivity index is 1.73. The fourth-order valence-electron chi connectivity index (χ4n) is 2.53. The molecule has 0 aromatic heterocycles. The van der Waals surface area contributed by atoms with Crippen LogP contribution in [0.5, 0.6) is 11.5 Å². The first kappa shape index (κ1) is 21.2. The van der Waals surface area contributed by atoms with Gasteiger partial charge < -0.3 is 19.7 Å². The second-order valence-electron chi connectivity index (χ2n) is 6.15. The van der Waals surface area contributed by atoms with E-state index in [0.29, 0.717) is 24.5 Å². The average molecular weight is 388 g/mol. The van der Waals surface area contributed by atoms with Crippen molar-refractivity contribution in [1.29, 1.82) is 0 Å². The summed E-state index contributed by atoms with van der Waals surface area (Å²) in [6, 6.07) is 13.4. The van der Waals surface area contributed by atoms with Crippen molar-refractivity contribution >= 4 is 11.8 Å². The molecule has 0 saturated heterocycles. The molecular weight excluding hydrogens is 363 g/mol. The van der Waals surface area contributed by atoms with E-state index in [-0.39, 0.29) is 37.1 Å². The van der Waals surface area contributed by atoms with E-state index in [1.165, 1.54) is 13.0 Å². The Bertz CT molecular complexity index is 780. The summed E-state index contributed by atoms with van der Waals surface area (Å²) in [6.07, 6.45) is 0.135. The van der Waals surface area contributed by atoms with Gasteiger partial charge in [0.2, 0.25) is 11.8 Å². The smallest absolute Gasteiger partial charge is 0.222 e. The molecule has 0 unspecified atom stereocenters. The van der Waals surface area contributed by atoms with Crippen molar-refractivity contribution in [3.63, 3.8) is 0 Å². The van der Waals surface area contributed by atoms with Crippen molar-refractivity contribution in [2.45, 2.75) is 19.9 Å². The average Bonchev–Trinajstić information content (AvgIpc) is 2.70. The summed E-state index contributed by atoms with van der Waals surface area (Å²) in [4.78, 5) is 25.3. The van der Waals surface area contributed by atoms with Crippen LogP contribution in [0.2, 0.25) is 0 Å². The Morgan fingerprint density at radius 2 is 1.71 bits per heavy atom. The van der Waals surface area contributed by atoms with Crippen LogP contribution in [-0.2, 0) is 16.1 Å². The van der Waals surface area contributed by atoms with Crippen molar-refractivity contribution in [3.8, 4) is 11.5 Å². The number of carbonyl (C=O) groups excluding carboxylic acids is 2. The maximum Gasteiger partial charge on any atom is 0.222 e. The summed E-state index contributed by atoms with van der Waals surface area (Å²) >= 11 is 0. The molecule has 2 aromatic rings. The molecule has 0 heterocycles. The fraction of sp³-hybridized carbons (Fsp3) is 0.333. The zero-order valence-electron chi connectivity index (χ0n) is 16.1. The minimum absolute atomic E-state index is 0.117. The van der Waals surface area contributed by atoms with Crippen LogP contribution >= 0.6 is 0 Å². The third-order valence-corrected chi connectivity index (χ3v) is 4.18. The van der Waals surface area contributed by atoms with Gasteiger partial charge in [-0.1, -0.05) is 18.2 Å². The summed E-state index contributed by atoms with van der Waals surface area (Å²) in [5.41, 5.74) is 0.423. The molecule has 2 amide bonds. The zero-order valence-corrected chi connectivity index (χ0v) is 16.1. The monoisotopic (exact) mass is 388 g/mol. The van der Waals surface area contributed by atoms with Gasteiger partial charge in [0.25, 0.3) is 0 Å². The SMILES string of the molecule is COc1ccc(OCCN(CCC(=O)NCc2ccccc2F)C(C)=O)cc1. The number of nitrogens with one attached hydrogen (secondary N) is 1. The van der Waals surface area contributed by atoms with Crippen LogP contribution in [0.1, 0.15) is 18.9 Å². The summed E-state index contributed by atoms with van der Waals surface area (Å²) in [5, 5.41) is 2.67. The second kappa shape index (κ2) is 10.9. The van der Waals surface area contributed by atoms with Crippen LogP contribution in [-0.4, -0.2) is 43.5 Å². The number of nitrogens with zero attached hydrogens (tertiary/aromatic N) is 1. The standard InChI is InChI=1S/C21H25FN2O4/c1-16(25)24(13-14-28-19-9-7-18(27-2)8-10-19)12-11-21(26)23-15-17-5-3-4-6-20(17)22/h3-10H,11-15H2,1-2H3,(H,23,26). The minimum atomic E-state index is -0.358. The molecule has 6 nitrogen and oxygen atoms in total. The number of halogens is 1. The van der Waals surface area contributed by atoms with Gasteiger partial charge in [-0.2, -0.15) is 0 Å². The molecule has 7 heteroatoms. The van der Waals surface area contributed by atoms with E-state index in [2.05, 4.69) is 5.32 Å². The van der Waals surface area contributed by atoms with E-state index in [0.717, 1.165) is 5.75 Å². The van der Waals surface area contributed by atoms with Crippen molar-refractivity contribution in [3.05, 3.63) is 59.9 Å². The molecule has 0 aliphatic rings. The molecule has 0 radical (unpaired) electrons. The van der Waals surface area contributed by atoms with Crippen molar-refractivity contribution < 1.29 is 23.5 Å². The van der Waals surface area contributed by atoms with Gasteiger partial charge in [-0.05, 0) is 30.3 Å². The molecule has 2 rings (SSSR count). The van der Waals surface area contributed by atoms with Gasteiger partial charge in [-0.3, -0.25) is 9.59 Å². The van der Waals surface area contributed by atoms with Crippen LogP contribution in [0.15, 0.2) is 48.5 Å². The van der Waals surface area contributed by atoms with Crippen LogP contribution in [0, 0.1) is 5.82 Å². The van der Waals surface area contributed by atoms with Crippen molar-refractivity contribution in [1.82, 2.24) is 10.2 Å². The highest BCUT2D eigenvalue weighted by Crippen LogP contribution is 2.16. The maximum absolute atomic E-state index is 13.6. The highest BCUT2D eigenvalue weighted by atomic mass is 19.1. The second-order valence-corrected chi connectivity index (χ2v) is 6.15. The fourth-order valence-corrected chi connectivity index (χ4v) is 2.53. The molecule has 0 aliphatic carbocycles. The Morgan fingerprint density at radius 1 is 1.04 bits per heavy atom. The first-order valence-electron chi connectivity index (χ1n) is 9.02. The lowest BCUT2D eigenvalue weighted by Gasteiger charge is -2.21. The summed E-state index contributed by atoms with van der Waals surface area (Å²) < 4.78 is 24.3. The lowest BCUT2D eigenvalue weighted by molar-refractivity contribution is -0.130. The molecule has 0 bridgehead atoms. The van der Waals surface area contributed by atoms with E-state index < -0.39 is 0 Å². The maximum atomic E-state index is 13.6. The van der Waals surface area contributed by atoms with E-state index >= 15 is 0 Å². The molecule has 0 spiro atoms. The minimum Gasteiger partial charge on any atom is -0.497 e. The van der Waals surface area contributed by atoms with Gasteiger partial charge in [-0.25, -0.2) is 4.39 Å². The molecule has 0 fully saturated rings. The lowest BCUT2D eigenvalue weighted by Crippen LogP contribution is -2.36. The van der Waals surface area contributed by atoms with Crippen LogP contribution in [0.3, 0.4) is 0 Å². The van der Waals surface area contributed by atoms with E-state index in [9.17, 15) is 14.0 Å². The molecule has 28 heavy (non-hydrogen) atoms. The predicted molar refractivity (Wildman–Crippen MR) is 104 cm³/mol. The van der Waals surface area contributed by atoms with E-state index in [1.54, 1.807) is 54.5 Å². The van der Waals surface area contributed by atoms with Crippen LogP contribution in [0.4, 0.5) is 4.39 Å². The first-order chi connectivity index (χ1) is 13.5. The Morgan fingerprint density at radius 3 is 2.36 bits per heavy atom. The highest BCUT2D eigenvalue weighted by molar-refractivity contribution is 5.78. The highest BCUT2D eigenvalue weighted by Gasteiger charge is 2.12. The number of amides is 2. The van der Waals surface area contributed by atoms with Gasteiger partial charge in [0.05, 0.1) is 13.7 Å². The molecule has 0 saturated carbocycles. The number of rotatable bonds is 10. The first-order valence-corrected chi connectivity index (χ1v) is 9.02. The summed E-state index contributed by atoms with van der Waals surface area (Å²) in [5.74, 6) is 0.667. The van der Waals surface area contributed by atoms with Crippen molar-refractivity contribution in [2.75, 3.05) is 26.8 Å². The van der Waals surface area contributed by atoms with Crippen molar-refractivity contribution in [2.24, 2.45) is 0 Å². The van der Waals surface area contributed by atoms with Gasteiger partial charge in [-0.15, -0.1) is 0 Å². The van der Waals surface area contributed by atoms with Gasteiger partial charge >= 0.3 is 0 Å². The zero-order chi connectivity index (χ0) is 20.4. The summed E-state index contributed by atoms with van der Waals surface area (Å²) in [6.45, 7) is 2.51. The largest absolute Gasteiger partial charge is 0.497 e. The topological polar surface area (TPSA) is 67.9 Å². The number of benzene rings is 2. The number of ether oxygens (including phenoxy) is 2. The molecule has 0 atom stereocenters. The van der Waals surface area contributed by atoms with Gasteiger partial charge in [0.1, 0.15) is 23.9 Å². The molecule has 150 valence electrons. The number of hydrogen-bond acceptors (Lipinski definition) is 4. The molecular formula is C21H25FN2O4. The van der Waals surface area contributed by atoms with Crippen LogP contribution < -0.4 is 14.8 Å². The molecule has 1 N–H and O–H groups in total. The third kappa shape index (κ3) is 6.90. The number of methoxy groups -OCH3 is 1. The Hall–Kier alpha value is -3.09. The summed E-state index contributed by atoms with van der Waals surface area (Å²) in [7, 11) is 1.59.